The molecule has 4 nitrogen and oxygen atoms in total. The quantitative estimate of drug-likeness (QED) is 0.683. The first-order valence-electron chi connectivity index (χ1n) is 4.22. The van der Waals surface area contributed by atoms with Crippen molar-refractivity contribution in [2.45, 2.75) is 12.8 Å². The highest BCUT2D eigenvalue weighted by molar-refractivity contribution is 9.10. The Morgan fingerprint density at radius 1 is 1.62 bits per heavy atom. The molecule has 0 saturated carbocycles. The zero-order chi connectivity index (χ0) is 12.3. The Balaban J connectivity index is 3.24. The van der Waals surface area contributed by atoms with Crippen molar-refractivity contribution in [1.29, 1.82) is 0 Å². The molecule has 0 aliphatic heterocycles. The highest BCUT2D eigenvalue weighted by atomic mass is 79.9. The van der Waals surface area contributed by atoms with E-state index >= 15 is 0 Å². The molecule has 0 aliphatic rings. The van der Waals surface area contributed by atoms with Gasteiger partial charge in [-0.05, 0) is 21.5 Å². The number of aromatic amines is 1. The predicted octanol–water partition coefficient (Wildman–Crippen LogP) is 1.79. The van der Waals surface area contributed by atoms with Crippen LogP contribution in [0.3, 0.4) is 0 Å². The van der Waals surface area contributed by atoms with E-state index < -0.39 is 23.5 Å². The van der Waals surface area contributed by atoms with Crippen molar-refractivity contribution in [3.05, 3.63) is 32.2 Å². The van der Waals surface area contributed by atoms with Gasteiger partial charge < -0.3 is 9.72 Å². The van der Waals surface area contributed by atoms with Crippen LogP contribution in [0.1, 0.15) is 17.6 Å². The van der Waals surface area contributed by atoms with Gasteiger partial charge in [0.15, 0.2) is 0 Å². The Labute approximate surface area is 97.7 Å². The molecule has 1 N–H and O–H groups in total. The molecule has 0 bridgehead atoms. The van der Waals surface area contributed by atoms with E-state index in [9.17, 15) is 18.4 Å². The minimum Gasteiger partial charge on any atom is -0.469 e. The fourth-order valence-electron chi connectivity index (χ4n) is 1.20. The second-order valence-corrected chi connectivity index (χ2v) is 3.73. The number of pyridine rings is 1. The van der Waals surface area contributed by atoms with Crippen LogP contribution in [0.2, 0.25) is 0 Å². The standard InChI is InChI=1S/C9H8BrF2NO3/c1-16-6(15)3-4-2-5(14)13-8(10)7(4)9(11)12/h2,9H,3H2,1H3,(H,13,14). The van der Waals surface area contributed by atoms with E-state index in [4.69, 9.17) is 0 Å². The Bertz CT molecular complexity index is 459. The van der Waals surface area contributed by atoms with Crippen LogP contribution in [0, 0.1) is 0 Å². The van der Waals surface area contributed by atoms with E-state index in [1.165, 1.54) is 0 Å². The number of esters is 1. The second-order valence-electron chi connectivity index (χ2n) is 2.94. The van der Waals surface area contributed by atoms with E-state index in [0.29, 0.717) is 0 Å². The lowest BCUT2D eigenvalue weighted by Crippen LogP contribution is -2.14. The molecular weight excluding hydrogens is 288 g/mol. The number of alkyl halides is 2. The van der Waals surface area contributed by atoms with Crippen molar-refractivity contribution in [2.75, 3.05) is 7.11 Å². The predicted molar refractivity (Wildman–Crippen MR) is 55.4 cm³/mol. The summed E-state index contributed by atoms with van der Waals surface area (Å²) in [5.41, 5.74) is -1.00. The van der Waals surface area contributed by atoms with Crippen molar-refractivity contribution in [1.82, 2.24) is 4.98 Å². The molecule has 0 atom stereocenters. The van der Waals surface area contributed by atoms with Crippen molar-refractivity contribution in [2.24, 2.45) is 0 Å². The summed E-state index contributed by atoms with van der Waals surface area (Å²) in [6, 6.07) is 0.961. The first kappa shape index (κ1) is 12.8. The SMILES string of the molecule is COC(=O)Cc1cc(=O)[nH]c(Br)c1C(F)F. The number of halogens is 3. The number of ether oxygens (including phenoxy) is 1. The number of rotatable bonds is 3. The Morgan fingerprint density at radius 3 is 2.75 bits per heavy atom. The molecule has 0 aliphatic carbocycles. The normalized spacial score (nSPS) is 10.6. The molecule has 16 heavy (non-hydrogen) atoms. The van der Waals surface area contributed by atoms with Gasteiger partial charge in [0, 0.05) is 6.07 Å². The highest BCUT2D eigenvalue weighted by Gasteiger charge is 2.20. The molecule has 0 saturated heterocycles. The molecule has 7 heteroatoms. The van der Waals surface area contributed by atoms with Crippen molar-refractivity contribution < 1.29 is 18.3 Å². The monoisotopic (exact) mass is 295 g/mol. The summed E-state index contributed by atoms with van der Waals surface area (Å²) in [4.78, 5) is 24.2. The third kappa shape index (κ3) is 2.88. The first-order chi connectivity index (χ1) is 7.45. The summed E-state index contributed by atoms with van der Waals surface area (Å²) in [5, 5.41) is 0. The van der Waals surface area contributed by atoms with E-state index in [1.54, 1.807) is 0 Å². The molecular formula is C9H8BrF2NO3. The van der Waals surface area contributed by atoms with Gasteiger partial charge in [-0.3, -0.25) is 9.59 Å². The first-order valence-corrected chi connectivity index (χ1v) is 5.01. The van der Waals surface area contributed by atoms with Crippen LogP contribution in [0.15, 0.2) is 15.5 Å². The van der Waals surface area contributed by atoms with E-state index in [0.717, 1.165) is 13.2 Å². The van der Waals surface area contributed by atoms with Crippen LogP contribution in [0.4, 0.5) is 8.78 Å². The number of hydrogen-bond acceptors (Lipinski definition) is 3. The summed E-state index contributed by atoms with van der Waals surface area (Å²) in [5.74, 6) is -0.681. The Hall–Kier alpha value is -1.24. The van der Waals surface area contributed by atoms with Crippen LogP contribution < -0.4 is 5.56 Å². The molecule has 1 heterocycles. The molecule has 0 radical (unpaired) electrons. The molecule has 0 amide bonds. The maximum absolute atomic E-state index is 12.7. The maximum Gasteiger partial charge on any atom is 0.309 e. The topological polar surface area (TPSA) is 59.2 Å². The summed E-state index contributed by atoms with van der Waals surface area (Å²) in [7, 11) is 1.15. The van der Waals surface area contributed by atoms with Gasteiger partial charge in [0.25, 0.3) is 6.43 Å². The summed E-state index contributed by atoms with van der Waals surface area (Å²) < 4.78 is 29.6. The Kier molecular flexibility index (Phi) is 4.17. The largest absolute Gasteiger partial charge is 0.469 e. The van der Waals surface area contributed by atoms with Crippen molar-refractivity contribution in [3.63, 3.8) is 0 Å². The molecule has 0 unspecified atom stereocenters. The minimum atomic E-state index is -2.79. The lowest BCUT2D eigenvalue weighted by atomic mass is 10.1. The molecule has 1 aromatic heterocycles. The van der Waals surface area contributed by atoms with E-state index in [2.05, 4.69) is 25.7 Å². The zero-order valence-corrected chi connectivity index (χ0v) is 9.81. The number of methoxy groups -OCH3 is 1. The summed E-state index contributed by atoms with van der Waals surface area (Å²) in [6.07, 6.45) is -3.15. The number of H-pyrrole nitrogens is 1. The highest BCUT2D eigenvalue weighted by Crippen LogP contribution is 2.28. The number of nitrogens with one attached hydrogen (secondary N) is 1. The van der Waals surface area contributed by atoms with Crippen LogP contribution >= 0.6 is 15.9 Å². The summed E-state index contributed by atoms with van der Waals surface area (Å²) >= 11 is 2.82. The van der Waals surface area contributed by atoms with Crippen molar-refractivity contribution in [3.8, 4) is 0 Å². The zero-order valence-electron chi connectivity index (χ0n) is 8.22. The lowest BCUT2D eigenvalue weighted by molar-refractivity contribution is -0.139. The number of carbonyl (C=O) groups is 1. The second kappa shape index (κ2) is 5.20. The van der Waals surface area contributed by atoms with Gasteiger partial charge in [0.1, 0.15) is 0 Å². The van der Waals surface area contributed by atoms with E-state index in [-0.39, 0.29) is 16.6 Å². The fraction of sp³-hybridized carbons (Fsp3) is 0.333. The average Bonchev–Trinajstić information content (AvgIpc) is 2.15. The van der Waals surface area contributed by atoms with Crippen LogP contribution in [-0.4, -0.2) is 18.1 Å². The Morgan fingerprint density at radius 2 is 2.25 bits per heavy atom. The summed E-state index contributed by atoms with van der Waals surface area (Å²) in [6.45, 7) is 0. The number of aromatic nitrogens is 1. The smallest absolute Gasteiger partial charge is 0.309 e. The van der Waals surface area contributed by atoms with Crippen LogP contribution in [0.25, 0.3) is 0 Å². The number of hydrogen-bond donors (Lipinski definition) is 1. The van der Waals surface area contributed by atoms with Gasteiger partial charge >= 0.3 is 5.97 Å². The minimum absolute atomic E-state index is 0.0440. The van der Waals surface area contributed by atoms with Gasteiger partial charge in [-0.25, -0.2) is 8.78 Å². The van der Waals surface area contributed by atoms with E-state index in [1.807, 2.05) is 0 Å². The average molecular weight is 296 g/mol. The molecule has 0 aromatic carbocycles. The third-order valence-corrected chi connectivity index (χ3v) is 2.53. The molecule has 1 aromatic rings. The third-order valence-electron chi connectivity index (χ3n) is 1.90. The fourth-order valence-corrected chi connectivity index (χ4v) is 1.82. The van der Waals surface area contributed by atoms with Crippen molar-refractivity contribution >= 4 is 21.9 Å². The molecule has 1 rings (SSSR count). The molecule has 0 fully saturated rings. The van der Waals surface area contributed by atoms with Crippen LogP contribution in [-0.2, 0) is 16.0 Å². The number of carbonyl (C=O) groups excluding carboxylic acids is 1. The van der Waals surface area contributed by atoms with Gasteiger partial charge in [-0.2, -0.15) is 0 Å². The van der Waals surface area contributed by atoms with Gasteiger partial charge in [0.05, 0.1) is 23.7 Å². The van der Waals surface area contributed by atoms with Gasteiger partial charge in [-0.15, -0.1) is 0 Å². The molecule has 0 spiro atoms. The maximum atomic E-state index is 12.7. The van der Waals surface area contributed by atoms with Gasteiger partial charge in [0.2, 0.25) is 5.56 Å². The molecule has 88 valence electrons. The van der Waals surface area contributed by atoms with Gasteiger partial charge in [-0.1, -0.05) is 0 Å². The van der Waals surface area contributed by atoms with Crippen LogP contribution in [0.5, 0.6) is 0 Å². The lowest BCUT2D eigenvalue weighted by Gasteiger charge is -2.09.